The van der Waals surface area contributed by atoms with Gasteiger partial charge in [-0.15, -0.1) is 0 Å². The molecule has 0 aliphatic carbocycles. The molecule has 0 aliphatic rings. The van der Waals surface area contributed by atoms with Gasteiger partial charge in [-0.2, -0.15) is 0 Å². The van der Waals surface area contributed by atoms with Gasteiger partial charge in [-0.25, -0.2) is 0 Å². The van der Waals surface area contributed by atoms with Crippen molar-refractivity contribution in [2.75, 3.05) is 0 Å². The van der Waals surface area contributed by atoms with Gasteiger partial charge in [-0.05, 0) is 35.0 Å². The Labute approximate surface area is 108 Å². The minimum atomic E-state index is -0.170. The Morgan fingerprint density at radius 1 is 1.18 bits per heavy atom. The molecule has 2 aromatic rings. The van der Waals surface area contributed by atoms with Gasteiger partial charge in [0.05, 0.1) is 23.6 Å². The average Bonchev–Trinajstić information content (AvgIpc) is 2.33. The average molecular weight is 293 g/mol. The SMILES string of the molecule is Cc1cnc(C(N)Cc2ccc(Br)cn2)cn1. The first-order valence-corrected chi connectivity index (χ1v) is 6.09. The van der Waals surface area contributed by atoms with E-state index in [-0.39, 0.29) is 6.04 Å². The van der Waals surface area contributed by atoms with E-state index in [4.69, 9.17) is 5.73 Å². The lowest BCUT2D eigenvalue weighted by molar-refractivity contribution is 0.677. The van der Waals surface area contributed by atoms with Crippen LogP contribution in [0.25, 0.3) is 0 Å². The summed E-state index contributed by atoms with van der Waals surface area (Å²) >= 11 is 3.35. The Hall–Kier alpha value is -1.33. The number of nitrogens with two attached hydrogens (primary N) is 1. The monoisotopic (exact) mass is 292 g/mol. The lowest BCUT2D eigenvalue weighted by atomic mass is 10.1. The third-order valence-electron chi connectivity index (χ3n) is 2.40. The maximum absolute atomic E-state index is 6.06. The Morgan fingerprint density at radius 2 is 2.00 bits per heavy atom. The minimum absolute atomic E-state index is 0.170. The van der Waals surface area contributed by atoms with Crippen molar-refractivity contribution in [3.05, 3.63) is 52.3 Å². The van der Waals surface area contributed by atoms with Crippen LogP contribution >= 0.6 is 15.9 Å². The zero-order valence-corrected chi connectivity index (χ0v) is 11.1. The number of hydrogen-bond donors (Lipinski definition) is 1. The number of pyridine rings is 1. The molecule has 4 nitrogen and oxygen atoms in total. The van der Waals surface area contributed by atoms with Crippen molar-refractivity contribution in [3.8, 4) is 0 Å². The number of aromatic nitrogens is 3. The molecule has 2 aromatic heterocycles. The molecule has 0 fully saturated rings. The van der Waals surface area contributed by atoms with Crippen molar-refractivity contribution in [1.29, 1.82) is 0 Å². The molecule has 17 heavy (non-hydrogen) atoms. The summed E-state index contributed by atoms with van der Waals surface area (Å²) in [6, 6.07) is 3.73. The van der Waals surface area contributed by atoms with Crippen molar-refractivity contribution in [1.82, 2.24) is 15.0 Å². The summed E-state index contributed by atoms with van der Waals surface area (Å²) in [5.41, 5.74) is 8.69. The molecule has 1 unspecified atom stereocenters. The molecule has 0 aliphatic heterocycles. The van der Waals surface area contributed by atoms with Crippen LogP contribution in [0.5, 0.6) is 0 Å². The maximum atomic E-state index is 6.06. The van der Waals surface area contributed by atoms with Crippen LogP contribution < -0.4 is 5.73 Å². The van der Waals surface area contributed by atoms with Crippen LogP contribution in [-0.2, 0) is 6.42 Å². The topological polar surface area (TPSA) is 64.7 Å². The van der Waals surface area contributed by atoms with Gasteiger partial charge in [0.1, 0.15) is 0 Å². The fourth-order valence-electron chi connectivity index (χ4n) is 1.45. The molecular weight excluding hydrogens is 280 g/mol. The van der Waals surface area contributed by atoms with Crippen LogP contribution in [0.1, 0.15) is 23.1 Å². The predicted octanol–water partition coefficient (Wildman–Crippen LogP) is 2.19. The standard InChI is InChI=1S/C12H13BrN4/c1-8-5-17-12(7-15-8)11(14)4-10-3-2-9(13)6-16-10/h2-3,5-7,11H,4,14H2,1H3. The number of halogens is 1. The van der Waals surface area contributed by atoms with Crippen molar-refractivity contribution in [3.63, 3.8) is 0 Å². The molecule has 0 amide bonds. The van der Waals surface area contributed by atoms with E-state index in [1.165, 1.54) is 0 Å². The highest BCUT2D eigenvalue weighted by Crippen LogP contribution is 2.14. The number of rotatable bonds is 3. The summed E-state index contributed by atoms with van der Waals surface area (Å²) in [6.07, 6.45) is 5.87. The van der Waals surface area contributed by atoms with E-state index in [9.17, 15) is 0 Å². The first-order valence-electron chi connectivity index (χ1n) is 5.29. The summed E-state index contributed by atoms with van der Waals surface area (Å²) in [4.78, 5) is 12.7. The van der Waals surface area contributed by atoms with Crippen LogP contribution in [0.4, 0.5) is 0 Å². The van der Waals surface area contributed by atoms with Crippen molar-refractivity contribution < 1.29 is 0 Å². The third kappa shape index (κ3) is 3.31. The molecule has 0 bridgehead atoms. The van der Waals surface area contributed by atoms with E-state index < -0.39 is 0 Å². The van der Waals surface area contributed by atoms with Gasteiger partial charge in [-0.3, -0.25) is 15.0 Å². The summed E-state index contributed by atoms with van der Waals surface area (Å²) in [7, 11) is 0. The molecule has 0 spiro atoms. The quantitative estimate of drug-likeness (QED) is 0.942. The lowest BCUT2D eigenvalue weighted by Crippen LogP contribution is -2.16. The highest BCUT2D eigenvalue weighted by Gasteiger charge is 2.09. The van der Waals surface area contributed by atoms with Gasteiger partial charge >= 0.3 is 0 Å². The molecule has 2 rings (SSSR count). The molecule has 88 valence electrons. The number of nitrogens with zero attached hydrogens (tertiary/aromatic N) is 3. The van der Waals surface area contributed by atoms with Crippen LogP contribution in [0.15, 0.2) is 35.2 Å². The Bertz CT molecular complexity index is 481. The van der Waals surface area contributed by atoms with Crippen LogP contribution in [0.3, 0.4) is 0 Å². The van der Waals surface area contributed by atoms with E-state index in [0.717, 1.165) is 21.6 Å². The first-order chi connectivity index (χ1) is 8.15. The fraction of sp³-hybridized carbons (Fsp3) is 0.250. The van der Waals surface area contributed by atoms with Gasteiger partial charge in [-0.1, -0.05) is 0 Å². The molecule has 2 N–H and O–H groups in total. The molecule has 0 aromatic carbocycles. The minimum Gasteiger partial charge on any atom is -0.322 e. The lowest BCUT2D eigenvalue weighted by Gasteiger charge is -2.10. The highest BCUT2D eigenvalue weighted by atomic mass is 79.9. The Morgan fingerprint density at radius 3 is 2.59 bits per heavy atom. The van der Waals surface area contributed by atoms with Crippen molar-refractivity contribution >= 4 is 15.9 Å². The molecule has 0 saturated carbocycles. The third-order valence-corrected chi connectivity index (χ3v) is 2.87. The second-order valence-corrected chi connectivity index (χ2v) is 4.78. The Kier molecular flexibility index (Phi) is 3.81. The number of aryl methyl sites for hydroxylation is 1. The number of hydrogen-bond acceptors (Lipinski definition) is 4. The van der Waals surface area contributed by atoms with Crippen LogP contribution in [-0.4, -0.2) is 15.0 Å². The summed E-state index contributed by atoms with van der Waals surface area (Å²) in [5.74, 6) is 0. The first kappa shape index (κ1) is 12.1. The van der Waals surface area contributed by atoms with E-state index in [0.29, 0.717) is 6.42 Å². The second kappa shape index (κ2) is 5.33. The van der Waals surface area contributed by atoms with E-state index in [1.807, 2.05) is 19.1 Å². The normalized spacial score (nSPS) is 12.4. The molecule has 1 atom stereocenters. The predicted molar refractivity (Wildman–Crippen MR) is 69.3 cm³/mol. The largest absolute Gasteiger partial charge is 0.322 e. The van der Waals surface area contributed by atoms with E-state index in [1.54, 1.807) is 18.6 Å². The molecule has 0 saturated heterocycles. The molecule has 2 heterocycles. The molecule has 0 radical (unpaired) electrons. The Balaban J connectivity index is 2.08. The fourth-order valence-corrected chi connectivity index (χ4v) is 1.69. The summed E-state index contributed by atoms with van der Waals surface area (Å²) in [5, 5.41) is 0. The zero-order valence-electron chi connectivity index (χ0n) is 9.47. The van der Waals surface area contributed by atoms with E-state index >= 15 is 0 Å². The van der Waals surface area contributed by atoms with Crippen LogP contribution in [0.2, 0.25) is 0 Å². The second-order valence-electron chi connectivity index (χ2n) is 3.86. The molecular formula is C12H13BrN4. The van der Waals surface area contributed by atoms with Crippen molar-refractivity contribution in [2.24, 2.45) is 5.73 Å². The van der Waals surface area contributed by atoms with Crippen molar-refractivity contribution in [2.45, 2.75) is 19.4 Å². The maximum Gasteiger partial charge on any atom is 0.0758 e. The van der Waals surface area contributed by atoms with E-state index in [2.05, 4.69) is 30.9 Å². The van der Waals surface area contributed by atoms with Gasteiger partial charge in [0.25, 0.3) is 0 Å². The summed E-state index contributed by atoms with van der Waals surface area (Å²) in [6.45, 7) is 1.90. The highest BCUT2D eigenvalue weighted by molar-refractivity contribution is 9.10. The van der Waals surface area contributed by atoms with Gasteiger partial charge in [0.15, 0.2) is 0 Å². The van der Waals surface area contributed by atoms with Gasteiger partial charge in [0, 0.05) is 29.0 Å². The van der Waals surface area contributed by atoms with Gasteiger partial charge in [0.2, 0.25) is 0 Å². The molecule has 5 heteroatoms. The zero-order chi connectivity index (χ0) is 12.3. The van der Waals surface area contributed by atoms with Crippen LogP contribution in [0, 0.1) is 6.92 Å². The summed E-state index contributed by atoms with van der Waals surface area (Å²) < 4.78 is 0.963. The smallest absolute Gasteiger partial charge is 0.0758 e. The van der Waals surface area contributed by atoms with Gasteiger partial charge < -0.3 is 5.73 Å².